The van der Waals surface area contributed by atoms with Crippen molar-refractivity contribution in [1.29, 1.82) is 0 Å². The average molecular weight is 229 g/mol. The molecule has 1 saturated carbocycles. The molecule has 3 heteroatoms. The molecule has 1 N–H and O–H groups in total. The van der Waals surface area contributed by atoms with Gasteiger partial charge in [-0.05, 0) is 36.8 Å². The lowest BCUT2D eigenvalue weighted by molar-refractivity contribution is 0.444. The Balaban J connectivity index is 1.65. The quantitative estimate of drug-likeness (QED) is 0.854. The molecule has 2 aromatic rings. The average Bonchev–Trinajstić information content (AvgIpc) is 3.04. The monoisotopic (exact) mass is 229 g/mol. The van der Waals surface area contributed by atoms with E-state index in [4.69, 9.17) is 0 Å². The van der Waals surface area contributed by atoms with Gasteiger partial charge in [0.25, 0.3) is 0 Å². The lowest BCUT2D eigenvalue weighted by atomic mass is 10.0. The maximum absolute atomic E-state index is 4.35. The minimum atomic E-state index is 0.614. The van der Waals surface area contributed by atoms with E-state index >= 15 is 0 Å². The summed E-state index contributed by atoms with van der Waals surface area (Å²) in [5, 5.41) is 7.93. The first-order chi connectivity index (χ1) is 8.33. The van der Waals surface area contributed by atoms with Crippen molar-refractivity contribution >= 4 is 5.52 Å². The second-order valence-corrected chi connectivity index (χ2v) is 5.16. The summed E-state index contributed by atoms with van der Waals surface area (Å²) in [4.78, 5) is 0. The molecule has 2 heterocycles. The summed E-state index contributed by atoms with van der Waals surface area (Å²) in [6.07, 6.45) is 8.05. The van der Waals surface area contributed by atoms with E-state index in [9.17, 15) is 0 Å². The zero-order valence-corrected chi connectivity index (χ0v) is 10.3. The Morgan fingerprint density at radius 1 is 1.41 bits per heavy atom. The summed E-state index contributed by atoms with van der Waals surface area (Å²) in [5.74, 6) is 0. The van der Waals surface area contributed by atoms with Gasteiger partial charge < -0.3 is 5.32 Å². The molecule has 0 radical (unpaired) electrons. The normalized spacial score (nSPS) is 17.5. The first-order valence-electron chi connectivity index (χ1n) is 6.45. The molecule has 0 aliphatic heterocycles. The van der Waals surface area contributed by atoms with Crippen LogP contribution in [0.25, 0.3) is 5.52 Å². The highest BCUT2D eigenvalue weighted by Crippen LogP contribution is 2.47. The van der Waals surface area contributed by atoms with Crippen LogP contribution in [0, 0.1) is 5.41 Å². The van der Waals surface area contributed by atoms with E-state index < -0.39 is 0 Å². The Kier molecular flexibility index (Phi) is 2.63. The lowest BCUT2D eigenvalue weighted by Gasteiger charge is -2.12. The molecule has 0 bridgehead atoms. The third-order valence-corrected chi connectivity index (χ3v) is 4.03. The van der Waals surface area contributed by atoms with Crippen molar-refractivity contribution in [2.45, 2.75) is 32.7 Å². The first-order valence-corrected chi connectivity index (χ1v) is 6.45. The van der Waals surface area contributed by atoms with E-state index in [1.165, 1.54) is 30.3 Å². The summed E-state index contributed by atoms with van der Waals surface area (Å²) in [6.45, 7) is 4.37. The highest BCUT2D eigenvalue weighted by Gasteiger charge is 2.39. The van der Waals surface area contributed by atoms with Gasteiger partial charge in [-0.3, -0.25) is 0 Å². The van der Waals surface area contributed by atoms with Crippen molar-refractivity contribution in [3.05, 3.63) is 36.2 Å². The number of rotatable bonds is 5. The topological polar surface area (TPSA) is 29.3 Å². The van der Waals surface area contributed by atoms with Crippen LogP contribution in [0.2, 0.25) is 0 Å². The summed E-state index contributed by atoms with van der Waals surface area (Å²) in [7, 11) is 0. The van der Waals surface area contributed by atoms with E-state index in [2.05, 4.69) is 29.5 Å². The second-order valence-electron chi connectivity index (χ2n) is 5.16. The van der Waals surface area contributed by atoms with Crippen LogP contribution in [0.3, 0.4) is 0 Å². The maximum atomic E-state index is 4.35. The van der Waals surface area contributed by atoms with Crippen molar-refractivity contribution in [2.24, 2.45) is 5.41 Å². The molecule has 1 aliphatic carbocycles. The van der Waals surface area contributed by atoms with Gasteiger partial charge in [-0.2, -0.15) is 5.10 Å². The molecule has 3 nitrogen and oxygen atoms in total. The fourth-order valence-electron chi connectivity index (χ4n) is 2.42. The van der Waals surface area contributed by atoms with Gasteiger partial charge in [-0.15, -0.1) is 0 Å². The van der Waals surface area contributed by atoms with Gasteiger partial charge in [0.05, 0.1) is 11.7 Å². The molecule has 0 saturated heterocycles. The van der Waals surface area contributed by atoms with E-state index in [-0.39, 0.29) is 0 Å². The largest absolute Gasteiger partial charge is 0.312 e. The molecule has 1 fully saturated rings. The van der Waals surface area contributed by atoms with E-state index in [1.54, 1.807) is 0 Å². The predicted octanol–water partition coefficient (Wildman–Crippen LogP) is 2.61. The highest BCUT2D eigenvalue weighted by molar-refractivity contribution is 5.53. The Hall–Kier alpha value is -1.35. The highest BCUT2D eigenvalue weighted by atomic mass is 15.2. The van der Waals surface area contributed by atoms with Gasteiger partial charge in [-0.1, -0.05) is 13.0 Å². The minimum absolute atomic E-state index is 0.614. The first kappa shape index (κ1) is 10.8. The van der Waals surface area contributed by atoms with Crippen LogP contribution < -0.4 is 5.32 Å². The van der Waals surface area contributed by atoms with Crippen molar-refractivity contribution in [1.82, 2.24) is 14.9 Å². The van der Waals surface area contributed by atoms with Crippen LogP contribution in [-0.2, 0) is 6.54 Å². The Morgan fingerprint density at radius 2 is 2.29 bits per heavy atom. The smallest absolute Gasteiger partial charge is 0.0706 e. The van der Waals surface area contributed by atoms with Crippen LogP contribution in [0.4, 0.5) is 0 Å². The standard InChI is InChI=1S/C14H19N3/c1-2-14(6-7-14)11-15-9-12-10-16-17-8-4-3-5-13(12)17/h3-5,8,10,15H,2,6-7,9,11H2,1H3. The molecule has 0 aromatic carbocycles. The number of fused-ring (bicyclic) bond motifs is 1. The van der Waals surface area contributed by atoms with Crippen molar-refractivity contribution in [2.75, 3.05) is 6.54 Å². The third kappa shape index (κ3) is 2.07. The van der Waals surface area contributed by atoms with Gasteiger partial charge in [0.15, 0.2) is 0 Å². The summed E-state index contributed by atoms with van der Waals surface area (Å²) < 4.78 is 1.93. The van der Waals surface area contributed by atoms with Crippen molar-refractivity contribution in [3.63, 3.8) is 0 Å². The van der Waals surface area contributed by atoms with Gasteiger partial charge >= 0.3 is 0 Å². The van der Waals surface area contributed by atoms with Gasteiger partial charge in [0, 0.05) is 24.8 Å². The molecule has 3 rings (SSSR count). The van der Waals surface area contributed by atoms with Gasteiger partial charge in [0.1, 0.15) is 0 Å². The molecule has 0 spiro atoms. The third-order valence-electron chi connectivity index (χ3n) is 4.03. The number of hydrogen-bond acceptors (Lipinski definition) is 2. The summed E-state index contributed by atoms with van der Waals surface area (Å²) in [6, 6.07) is 6.19. The number of aromatic nitrogens is 2. The SMILES string of the molecule is CCC1(CNCc2cnn3ccccc23)CC1. The Morgan fingerprint density at radius 3 is 3.06 bits per heavy atom. The summed E-state index contributed by atoms with van der Waals surface area (Å²) in [5.41, 5.74) is 3.11. The van der Waals surface area contributed by atoms with Crippen LogP contribution in [-0.4, -0.2) is 16.2 Å². The number of nitrogens with zero attached hydrogens (tertiary/aromatic N) is 2. The van der Waals surface area contributed by atoms with Gasteiger partial charge in [0.2, 0.25) is 0 Å². The number of hydrogen-bond donors (Lipinski definition) is 1. The zero-order valence-electron chi connectivity index (χ0n) is 10.3. The zero-order chi connectivity index (χ0) is 11.7. The molecule has 90 valence electrons. The summed E-state index contributed by atoms with van der Waals surface area (Å²) >= 11 is 0. The molecule has 0 amide bonds. The lowest BCUT2D eigenvalue weighted by Crippen LogP contribution is -2.23. The van der Waals surface area contributed by atoms with Crippen LogP contribution in [0.15, 0.2) is 30.6 Å². The van der Waals surface area contributed by atoms with Gasteiger partial charge in [-0.25, -0.2) is 4.52 Å². The number of nitrogens with one attached hydrogen (secondary N) is 1. The molecule has 1 aliphatic rings. The Bertz CT molecular complexity index is 511. The fourth-order valence-corrected chi connectivity index (χ4v) is 2.42. The predicted molar refractivity (Wildman–Crippen MR) is 68.9 cm³/mol. The van der Waals surface area contributed by atoms with Crippen molar-refractivity contribution in [3.8, 4) is 0 Å². The van der Waals surface area contributed by atoms with Crippen LogP contribution >= 0.6 is 0 Å². The molecule has 2 aromatic heterocycles. The number of pyridine rings is 1. The van der Waals surface area contributed by atoms with Crippen LogP contribution in [0.1, 0.15) is 31.7 Å². The molecular weight excluding hydrogens is 210 g/mol. The van der Waals surface area contributed by atoms with Crippen molar-refractivity contribution < 1.29 is 0 Å². The Labute approximate surface area is 102 Å². The van der Waals surface area contributed by atoms with Crippen LogP contribution in [0.5, 0.6) is 0 Å². The van der Waals surface area contributed by atoms with E-state index in [0.29, 0.717) is 5.41 Å². The molecule has 17 heavy (non-hydrogen) atoms. The van der Waals surface area contributed by atoms with E-state index in [1.807, 2.05) is 23.0 Å². The molecular formula is C14H19N3. The maximum Gasteiger partial charge on any atom is 0.0706 e. The minimum Gasteiger partial charge on any atom is -0.312 e. The van der Waals surface area contributed by atoms with E-state index in [0.717, 1.165) is 13.1 Å². The fraction of sp³-hybridized carbons (Fsp3) is 0.500. The molecule has 0 atom stereocenters. The molecule has 0 unspecified atom stereocenters. The second kappa shape index (κ2) is 4.15.